The molecule has 68 valence electrons. The number of hydrogen-bond acceptors (Lipinski definition) is 2. The molecule has 0 bridgehead atoms. The van der Waals surface area contributed by atoms with Crippen molar-refractivity contribution in [3.63, 3.8) is 0 Å². The van der Waals surface area contributed by atoms with Gasteiger partial charge in [-0.15, -0.1) is 11.6 Å². The molecule has 2 unspecified atom stereocenters. The average Bonchev–Trinajstić information content (AvgIpc) is 2.09. The van der Waals surface area contributed by atoms with Crippen molar-refractivity contribution >= 4 is 17.6 Å². The first-order chi connectivity index (χ1) is 5.61. The number of esters is 1. The van der Waals surface area contributed by atoms with Crippen molar-refractivity contribution in [3.8, 4) is 0 Å². The van der Waals surface area contributed by atoms with Crippen molar-refractivity contribution in [2.75, 3.05) is 7.11 Å². The second-order valence-corrected chi connectivity index (χ2v) is 3.81. The lowest BCUT2D eigenvalue weighted by molar-refractivity contribution is -0.151. The number of hydrogen-bond donors (Lipinski definition) is 0. The molecule has 0 saturated carbocycles. The number of carbonyl (C=O) groups is 1. The molecule has 0 aromatic carbocycles. The molecule has 0 saturated heterocycles. The van der Waals surface area contributed by atoms with E-state index in [1.807, 2.05) is 19.1 Å². The normalized spacial score (nSPS) is 34.8. The van der Waals surface area contributed by atoms with Gasteiger partial charge in [0, 0.05) is 0 Å². The Morgan fingerprint density at radius 2 is 2.33 bits per heavy atom. The summed E-state index contributed by atoms with van der Waals surface area (Å²) in [5.74, 6) is -0.216. The fraction of sp³-hybridized carbons (Fsp3) is 0.667. The summed E-state index contributed by atoms with van der Waals surface area (Å²) >= 11 is 6.05. The summed E-state index contributed by atoms with van der Waals surface area (Å²) in [4.78, 5) is 11.4. The van der Waals surface area contributed by atoms with Crippen LogP contribution in [0.5, 0.6) is 0 Å². The van der Waals surface area contributed by atoms with Crippen LogP contribution in [0.3, 0.4) is 0 Å². The Morgan fingerprint density at radius 1 is 1.67 bits per heavy atom. The van der Waals surface area contributed by atoms with Gasteiger partial charge < -0.3 is 4.74 Å². The quantitative estimate of drug-likeness (QED) is 0.358. The van der Waals surface area contributed by atoms with Gasteiger partial charge in [0.25, 0.3) is 0 Å². The highest BCUT2D eigenvalue weighted by atomic mass is 35.5. The van der Waals surface area contributed by atoms with Crippen LogP contribution >= 0.6 is 11.6 Å². The van der Waals surface area contributed by atoms with Crippen LogP contribution in [0, 0.1) is 5.41 Å². The summed E-state index contributed by atoms with van der Waals surface area (Å²) < 4.78 is 4.71. The standard InChI is InChI=1S/C9H13ClO2/c1-9(8(11)12-2)6-4-3-5-7(9)10/h3-4,7H,5-6H2,1-2H3. The molecule has 2 nitrogen and oxygen atoms in total. The minimum Gasteiger partial charge on any atom is -0.469 e. The van der Waals surface area contributed by atoms with Crippen molar-refractivity contribution in [2.45, 2.75) is 25.1 Å². The lowest BCUT2D eigenvalue weighted by Crippen LogP contribution is -2.38. The molecule has 12 heavy (non-hydrogen) atoms. The largest absolute Gasteiger partial charge is 0.469 e. The van der Waals surface area contributed by atoms with Gasteiger partial charge in [-0.05, 0) is 19.8 Å². The first-order valence-electron chi connectivity index (χ1n) is 3.99. The number of carbonyl (C=O) groups excluding carboxylic acids is 1. The molecule has 0 fully saturated rings. The first-order valence-corrected chi connectivity index (χ1v) is 4.42. The molecule has 0 aliphatic heterocycles. The summed E-state index contributed by atoms with van der Waals surface area (Å²) in [7, 11) is 1.40. The van der Waals surface area contributed by atoms with Gasteiger partial charge in [-0.25, -0.2) is 0 Å². The second kappa shape index (κ2) is 3.48. The van der Waals surface area contributed by atoms with E-state index in [0.29, 0.717) is 6.42 Å². The summed E-state index contributed by atoms with van der Waals surface area (Å²) in [6.07, 6.45) is 5.40. The number of alkyl halides is 1. The maximum atomic E-state index is 11.4. The summed E-state index contributed by atoms with van der Waals surface area (Å²) in [6, 6.07) is 0. The molecule has 0 aromatic rings. The first kappa shape index (κ1) is 9.59. The zero-order valence-corrected chi connectivity index (χ0v) is 8.10. The van der Waals surface area contributed by atoms with Gasteiger partial charge in [-0.3, -0.25) is 4.79 Å². The fourth-order valence-corrected chi connectivity index (χ4v) is 1.66. The van der Waals surface area contributed by atoms with Gasteiger partial charge in [-0.1, -0.05) is 12.2 Å². The minimum absolute atomic E-state index is 0.144. The van der Waals surface area contributed by atoms with Gasteiger partial charge in [0.05, 0.1) is 17.9 Å². The number of methoxy groups -OCH3 is 1. The SMILES string of the molecule is COC(=O)C1(C)CC=CCC1Cl. The number of allylic oxidation sites excluding steroid dienone is 2. The van der Waals surface area contributed by atoms with Gasteiger partial charge in [0.2, 0.25) is 0 Å². The Morgan fingerprint density at radius 3 is 2.83 bits per heavy atom. The van der Waals surface area contributed by atoms with Crippen molar-refractivity contribution in [1.82, 2.24) is 0 Å². The van der Waals surface area contributed by atoms with Gasteiger partial charge in [0.1, 0.15) is 0 Å². The Bertz CT molecular complexity index is 213. The summed E-state index contributed by atoms with van der Waals surface area (Å²) in [5, 5.41) is -0.144. The van der Waals surface area contributed by atoms with Crippen LogP contribution in [0.4, 0.5) is 0 Å². The smallest absolute Gasteiger partial charge is 0.313 e. The fourth-order valence-electron chi connectivity index (χ4n) is 1.38. The molecule has 0 heterocycles. The third-order valence-corrected chi connectivity index (χ3v) is 3.05. The number of rotatable bonds is 1. The Balaban J connectivity index is 2.81. The number of ether oxygens (including phenoxy) is 1. The topological polar surface area (TPSA) is 26.3 Å². The van der Waals surface area contributed by atoms with E-state index in [-0.39, 0.29) is 11.3 Å². The van der Waals surface area contributed by atoms with Crippen LogP contribution in [-0.4, -0.2) is 18.5 Å². The van der Waals surface area contributed by atoms with E-state index >= 15 is 0 Å². The maximum Gasteiger partial charge on any atom is 0.313 e. The zero-order valence-electron chi connectivity index (χ0n) is 7.34. The molecule has 0 N–H and O–H groups in total. The zero-order chi connectivity index (χ0) is 9.19. The van der Waals surface area contributed by atoms with Crippen LogP contribution in [0.15, 0.2) is 12.2 Å². The van der Waals surface area contributed by atoms with E-state index in [2.05, 4.69) is 0 Å². The third kappa shape index (κ3) is 1.48. The number of halogens is 1. The van der Waals surface area contributed by atoms with E-state index in [9.17, 15) is 4.79 Å². The van der Waals surface area contributed by atoms with Gasteiger partial charge >= 0.3 is 5.97 Å². The van der Waals surface area contributed by atoms with Crippen molar-refractivity contribution in [3.05, 3.63) is 12.2 Å². The van der Waals surface area contributed by atoms with Gasteiger partial charge in [0.15, 0.2) is 0 Å². The van der Waals surface area contributed by atoms with Crippen LogP contribution in [-0.2, 0) is 9.53 Å². The van der Waals surface area contributed by atoms with Gasteiger partial charge in [-0.2, -0.15) is 0 Å². The van der Waals surface area contributed by atoms with E-state index in [0.717, 1.165) is 6.42 Å². The monoisotopic (exact) mass is 188 g/mol. The molecule has 0 spiro atoms. The predicted molar refractivity (Wildman–Crippen MR) is 48.1 cm³/mol. The molecule has 1 aliphatic rings. The molecule has 0 radical (unpaired) electrons. The Kier molecular flexibility index (Phi) is 2.78. The average molecular weight is 189 g/mol. The van der Waals surface area contributed by atoms with Crippen molar-refractivity contribution < 1.29 is 9.53 Å². The molecule has 0 amide bonds. The van der Waals surface area contributed by atoms with Crippen LogP contribution in [0.2, 0.25) is 0 Å². The van der Waals surface area contributed by atoms with E-state index in [1.165, 1.54) is 7.11 Å². The lowest BCUT2D eigenvalue weighted by Gasteiger charge is -2.32. The van der Waals surface area contributed by atoms with Crippen molar-refractivity contribution in [2.24, 2.45) is 5.41 Å². The summed E-state index contributed by atoms with van der Waals surface area (Å²) in [5.41, 5.74) is -0.537. The van der Waals surface area contributed by atoms with Crippen molar-refractivity contribution in [1.29, 1.82) is 0 Å². The molecule has 1 aliphatic carbocycles. The highest BCUT2D eigenvalue weighted by Crippen LogP contribution is 2.37. The van der Waals surface area contributed by atoms with E-state index in [1.54, 1.807) is 0 Å². The molecular formula is C9H13ClO2. The second-order valence-electron chi connectivity index (χ2n) is 3.29. The summed E-state index contributed by atoms with van der Waals surface area (Å²) in [6.45, 7) is 1.85. The molecule has 3 heteroatoms. The predicted octanol–water partition coefficient (Wildman–Crippen LogP) is 2.12. The van der Waals surface area contributed by atoms with Crippen LogP contribution in [0.25, 0.3) is 0 Å². The lowest BCUT2D eigenvalue weighted by atomic mass is 9.78. The molecule has 1 rings (SSSR count). The highest BCUT2D eigenvalue weighted by molar-refractivity contribution is 6.22. The molecule has 2 atom stereocenters. The van der Waals surface area contributed by atoms with Crippen LogP contribution in [0.1, 0.15) is 19.8 Å². The van der Waals surface area contributed by atoms with E-state index in [4.69, 9.17) is 16.3 Å². The van der Waals surface area contributed by atoms with E-state index < -0.39 is 5.41 Å². The Labute approximate surface area is 77.5 Å². The third-order valence-electron chi connectivity index (χ3n) is 2.39. The molecular weight excluding hydrogens is 176 g/mol. The maximum absolute atomic E-state index is 11.4. The Hall–Kier alpha value is -0.500. The molecule has 0 aromatic heterocycles. The minimum atomic E-state index is -0.537. The van der Waals surface area contributed by atoms with Crippen LogP contribution < -0.4 is 0 Å². The highest BCUT2D eigenvalue weighted by Gasteiger charge is 2.41.